The Labute approximate surface area is 269 Å². The van der Waals surface area contributed by atoms with Gasteiger partial charge in [-0.05, 0) is 72.8 Å². The molecule has 0 aliphatic rings. The van der Waals surface area contributed by atoms with Gasteiger partial charge in [-0.15, -0.1) is 0 Å². The van der Waals surface area contributed by atoms with Crippen molar-refractivity contribution in [2.24, 2.45) is 0 Å². The van der Waals surface area contributed by atoms with Crippen LogP contribution >= 0.6 is 0 Å². The minimum absolute atomic E-state index is 0.0288. The third-order valence-corrected chi connectivity index (χ3v) is 9.62. The molecule has 7 aromatic carbocycles. The van der Waals surface area contributed by atoms with Crippen LogP contribution in [0, 0.1) is 0 Å². The average molecular weight is 602 g/mol. The highest BCUT2D eigenvalue weighted by Crippen LogP contribution is 2.42. The van der Waals surface area contributed by atoms with Crippen molar-refractivity contribution in [2.75, 3.05) is 0 Å². The van der Waals surface area contributed by atoms with E-state index in [1.54, 1.807) is 0 Å². The van der Waals surface area contributed by atoms with Crippen LogP contribution in [0.3, 0.4) is 0 Å². The maximum atomic E-state index is 14.8. The number of aromatic nitrogens is 3. The van der Waals surface area contributed by atoms with E-state index in [4.69, 9.17) is 0 Å². The van der Waals surface area contributed by atoms with Gasteiger partial charge in [-0.3, -0.25) is 9.36 Å². The molecule has 4 heteroatoms. The molecule has 0 N–H and O–H groups in total. The summed E-state index contributed by atoms with van der Waals surface area (Å²) < 4.78 is 6.53. The first kappa shape index (κ1) is 25.9. The Hall–Kier alpha value is -6.39. The van der Waals surface area contributed by atoms with E-state index in [1.807, 2.05) is 53.1 Å². The first-order chi connectivity index (χ1) is 23.3. The van der Waals surface area contributed by atoms with Crippen LogP contribution in [0.1, 0.15) is 0 Å². The van der Waals surface area contributed by atoms with E-state index in [9.17, 15) is 4.79 Å². The van der Waals surface area contributed by atoms with E-state index >= 15 is 0 Å². The number of fused-ring (bicyclic) bond motifs is 10. The zero-order chi connectivity index (χ0) is 31.1. The van der Waals surface area contributed by atoms with E-state index in [0.717, 1.165) is 71.6 Å². The molecule has 10 rings (SSSR count). The van der Waals surface area contributed by atoms with Crippen LogP contribution in [0.15, 0.2) is 169 Å². The van der Waals surface area contributed by atoms with E-state index < -0.39 is 0 Å². The number of rotatable bonds is 3. The molecule has 0 saturated heterocycles. The molecule has 3 heterocycles. The summed E-state index contributed by atoms with van der Waals surface area (Å²) in [5.41, 5.74) is 8.26. The van der Waals surface area contributed by atoms with E-state index in [2.05, 4.69) is 124 Å². The van der Waals surface area contributed by atoms with Crippen LogP contribution in [0.5, 0.6) is 0 Å². The fourth-order valence-corrected chi connectivity index (χ4v) is 7.68. The maximum Gasteiger partial charge on any atom is 0.263 e. The molecule has 3 aromatic heterocycles. The monoisotopic (exact) mass is 601 g/mol. The molecule has 220 valence electrons. The number of hydrogen-bond acceptors (Lipinski definition) is 1. The summed E-state index contributed by atoms with van der Waals surface area (Å²) in [6.45, 7) is 0. The molecule has 0 radical (unpaired) electrons. The molecule has 0 aliphatic carbocycles. The lowest BCUT2D eigenvalue weighted by molar-refractivity contribution is 1.06. The molecule has 0 aliphatic heterocycles. The van der Waals surface area contributed by atoms with Gasteiger partial charge < -0.3 is 9.13 Å². The second-order valence-corrected chi connectivity index (χ2v) is 12.1. The normalized spacial score (nSPS) is 11.9. The van der Waals surface area contributed by atoms with Crippen LogP contribution in [-0.4, -0.2) is 13.7 Å². The van der Waals surface area contributed by atoms with Gasteiger partial charge in [0.15, 0.2) is 0 Å². The van der Waals surface area contributed by atoms with Gasteiger partial charge >= 0.3 is 0 Å². The molecule has 47 heavy (non-hydrogen) atoms. The predicted octanol–water partition coefficient (Wildman–Crippen LogP) is 10.3. The lowest BCUT2D eigenvalue weighted by Gasteiger charge is -2.16. The molecule has 0 unspecified atom stereocenters. The predicted molar refractivity (Wildman–Crippen MR) is 196 cm³/mol. The summed E-state index contributed by atoms with van der Waals surface area (Å²) in [5.74, 6) is 0. The highest BCUT2D eigenvalue weighted by molar-refractivity contribution is 6.29. The van der Waals surface area contributed by atoms with E-state index in [0.29, 0.717) is 5.39 Å². The second kappa shape index (κ2) is 9.80. The molecule has 0 amide bonds. The first-order valence-electron chi connectivity index (χ1n) is 15.9. The van der Waals surface area contributed by atoms with Crippen molar-refractivity contribution in [1.29, 1.82) is 0 Å². The van der Waals surface area contributed by atoms with Crippen LogP contribution < -0.4 is 5.56 Å². The van der Waals surface area contributed by atoms with E-state index in [1.165, 1.54) is 5.39 Å². The van der Waals surface area contributed by atoms with Crippen molar-refractivity contribution < 1.29 is 0 Å². The number of pyridine rings is 1. The second-order valence-electron chi connectivity index (χ2n) is 12.1. The molecular formula is C43H27N3O. The minimum Gasteiger partial charge on any atom is -0.309 e. The molecule has 0 saturated carbocycles. The van der Waals surface area contributed by atoms with Gasteiger partial charge in [0.25, 0.3) is 5.56 Å². The van der Waals surface area contributed by atoms with Gasteiger partial charge in [0, 0.05) is 54.8 Å². The molecule has 0 fully saturated rings. The van der Waals surface area contributed by atoms with Gasteiger partial charge in [0.2, 0.25) is 0 Å². The van der Waals surface area contributed by atoms with E-state index in [-0.39, 0.29) is 5.56 Å². The van der Waals surface area contributed by atoms with Crippen molar-refractivity contribution in [1.82, 2.24) is 13.7 Å². The Bertz CT molecular complexity index is 2900. The van der Waals surface area contributed by atoms with Crippen molar-refractivity contribution in [3.05, 3.63) is 174 Å². The summed E-state index contributed by atoms with van der Waals surface area (Å²) in [4.78, 5) is 14.8. The standard InChI is InChI=1S/C43H27N3O/c47-43-33-24-25-38-42(32-21-11-13-23-37(32)44(38)28-14-4-1-5-15-28)41(33)35-26-34-31-20-10-12-22-36(31)45(29-16-6-2-7-17-29)39(34)27-40(35)46(43)30-18-8-3-9-19-30/h1-27H. The Morgan fingerprint density at radius 1 is 0.298 bits per heavy atom. The summed E-state index contributed by atoms with van der Waals surface area (Å²) in [6, 6.07) is 56.8. The quantitative estimate of drug-likeness (QED) is 0.185. The summed E-state index contributed by atoms with van der Waals surface area (Å²) in [6.07, 6.45) is 0. The van der Waals surface area contributed by atoms with Crippen molar-refractivity contribution >= 4 is 65.3 Å². The fraction of sp³-hybridized carbons (Fsp3) is 0. The lowest BCUT2D eigenvalue weighted by atomic mass is 9.98. The largest absolute Gasteiger partial charge is 0.309 e. The molecule has 0 bridgehead atoms. The molecule has 10 aromatic rings. The zero-order valence-electron chi connectivity index (χ0n) is 25.3. The van der Waals surface area contributed by atoms with Crippen LogP contribution in [-0.2, 0) is 0 Å². The number of para-hydroxylation sites is 5. The highest BCUT2D eigenvalue weighted by atomic mass is 16.1. The highest BCUT2D eigenvalue weighted by Gasteiger charge is 2.22. The van der Waals surface area contributed by atoms with Gasteiger partial charge in [0.05, 0.1) is 27.6 Å². The Kier molecular flexibility index (Phi) is 5.40. The van der Waals surface area contributed by atoms with Crippen molar-refractivity contribution in [3.63, 3.8) is 0 Å². The topological polar surface area (TPSA) is 31.9 Å². The third kappa shape index (κ3) is 3.61. The van der Waals surface area contributed by atoms with Crippen molar-refractivity contribution in [3.8, 4) is 17.1 Å². The SMILES string of the molecule is O=c1c2ccc3c(c4ccccc4n3-c3ccccc3)c2c2cc3c4ccccc4n(-c4ccccc4)c3cc2n1-c1ccccc1. The van der Waals surface area contributed by atoms with Crippen LogP contribution in [0.25, 0.3) is 82.3 Å². The summed E-state index contributed by atoms with van der Waals surface area (Å²) >= 11 is 0. The van der Waals surface area contributed by atoms with Gasteiger partial charge in [-0.2, -0.15) is 0 Å². The third-order valence-electron chi connectivity index (χ3n) is 9.62. The number of benzene rings is 7. The number of nitrogens with zero attached hydrogens (tertiary/aromatic N) is 3. The molecule has 0 spiro atoms. The van der Waals surface area contributed by atoms with Crippen LogP contribution in [0.2, 0.25) is 0 Å². The summed E-state index contributed by atoms with van der Waals surface area (Å²) in [5, 5.41) is 7.29. The molecular weight excluding hydrogens is 574 g/mol. The van der Waals surface area contributed by atoms with Gasteiger partial charge in [-0.25, -0.2) is 0 Å². The minimum atomic E-state index is -0.0288. The lowest BCUT2D eigenvalue weighted by Crippen LogP contribution is -2.19. The van der Waals surface area contributed by atoms with Crippen LogP contribution in [0.4, 0.5) is 0 Å². The first-order valence-corrected chi connectivity index (χ1v) is 15.9. The Balaban J connectivity index is 1.48. The van der Waals surface area contributed by atoms with Gasteiger partial charge in [0.1, 0.15) is 0 Å². The smallest absolute Gasteiger partial charge is 0.263 e. The zero-order valence-corrected chi connectivity index (χ0v) is 25.3. The Morgan fingerprint density at radius 3 is 1.43 bits per heavy atom. The fourth-order valence-electron chi connectivity index (χ4n) is 7.68. The van der Waals surface area contributed by atoms with Crippen molar-refractivity contribution in [2.45, 2.75) is 0 Å². The van der Waals surface area contributed by atoms with Gasteiger partial charge in [-0.1, -0.05) is 91.0 Å². The average Bonchev–Trinajstić information content (AvgIpc) is 3.64. The number of hydrogen-bond donors (Lipinski definition) is 0. The maximum absolute atomic E-state index is 14.8. The Morgan fingerprint density at radius 2 is 0.787 bits per heavy atom. The summed E-state index contributed by atoms with van der Waals surface area (Å²) in [7, 11) is 0. The molecule has 4 nitrogen and oxygen atoms in total. The molecule has 0 atom stereocenters.